The molecule has 0 amide bonds. The third kappa shape index (κ3) is 7.19. The van der Waals surface area contributed by atoms with E-state index in [0.29, 0.717) is 12.2 Å². The molecule has 2 N–H and O–H groups in total. The summed E-state index contributed by atoms with van der Waals surface area (Å²) in [7, 11) is -3.74. The molecule has 3 aromatic rings. The maximum atomic E-state index is 13.1. The third-order valence-corrected chi connectivity index (χ3v) is 7.65. The lowest BCUT2D eigenvalue weighted by molar-refractivity contribution is -0.251. The number of rotatable bonds is 11. The van der Waals surface area contributed by atoms with Gasteiger partial charge >= 0.3 is 0 Å². The average Bonchev–Trinajstić information content (AvgIpc) is 2.78. The zero-order valence-electron chi connectivity index (χ0n) is 17.3. The molecule has 0 aliphatic rings. The van der Waals surface area contributed by atoms with Crippen LogP contribution in [0.3, 0.4) is 0 Å². The highest BCUT2D eigenvalue weighted by Crippen LogP contribution is 2.24. The van der Waals surface area contributed by atoms with Crippen LogP contribution in [0.1, 0.15) is 11.1 Å². The zero-order valence-corrected chi connectivity index (χ0v) is 19.0. The fourth-order valence-corrected chi connectivity index (χ4v) is 5.77. The Bertz CT molecular complexity index is 1030. The van der Waals surface area contributed by atoms with Gasteiger partial charge in [0.25, 0.3) is 0 Å². The van der Waals surface area contributed by atoms with Gasteiger partial charge in [0.1, 0.15) is 0 Å². The largest absolute Gasteiger partial charge is 0.252 e. The molecule has 164 valence electrons. The van der Waals surface area contributed by atoms with Crippen molar-refractivity contribution >= 4 is 21.8 Å². The highest BCUT2D eigenvalue weighted by molar-refractivity contribution is 7.99. The zero-order chi connectivity index (χ0) is 22.1. The molecular formula is C24H27NO4S2. The van der Waals surface area contributed by atoms with Crippen LogP contribution in [-0.2, 0) is 21.3 Å². The van der Waals surface area contributed by atoms with E-state index in [0.717, 1.165) is 16.0 Å². The number of aryl methyl sites for hydroxylation is 1. The molecule has 0 spiro atoms. The first-order valence-electron chi connectivity index (χ1n) is 10.0. The summed E-state index contributed by atoms with van der Waals surface area (Å²) in [6.45, 7) is 1.93. The van der Waals surface area contributed by atoms with Crippen molar-refractivity contribution in [2.24, 2.45) is 5.92 Å². The second-order valence-electron chi connectivity index (χ2n) is 7.41. The van der Waals surface area contributed by atoms with E-state index in [4.69, 9.17) is 0 Å². The predicted octanol–water partition coefficient (Wildman–Crippen LogP) is 4.78. The summed E-state index contributed by atoms with van der Waals surface area (Å²) in [4.78, 5) is 5.77. The van der Waals surface area contributed by atoms with E-state index in [1.165, 1.54) is 0 Å². The van der Waals surface area contributed by atoms with Crippen LogP contribution in [0.2, 0.25) is 0 Å². The Hall–Kier alpha value is -2.16. The molecule has 0 saturated heterocycles. The Morgan fingerprint density at radius 1 is 0.935 bits per heavy atom. The quantitative estimate of drug-likeness (QED) is 0.246. The molecule has 5 nitrogen and oxygen atoms in total. The number of hydrogen-bond donors (Lipinski definition) is 2. The lowest BCUT2D eigenvalue weighted by Crippen LogP contribution is -2.44. The minimum absolute atomic E-state index is 0.0192. The van der Waals surface area contributed by atoms with Crippen molar-refractivity contribution in [1.29, 1.82) is 0 Å². The first-order chi connectivity index (χ1) is 15.0. The molecule has 0 radical (unpaired) electrons. The van der Waals surface area contributed by atoms with Crippen LogP contribution in [0.25, 0.3) is 0 Å². The normalized spacial score (nSPS) is 13.6. The maximum absolute atomic E-state index is 13.1. The molecule has 0 aromatic heterocycles. The Morgan fingerprint density at radius 2 is 1.55 bits per heavy atom. The molecule has 7 heteroatoms. The second-order valence-corrected chi connectivity index (χ2v) is 10.2. The van der Waals surface area contributed by atoms with Crippen molar-refractivity contribution in [3.8, 4) is 0 Å². The van der Waals surface area contributed by atoms with Crippen molar-refractivity contribution < 1.29 is 18.6 Å². The lowest BCUT2D eigenvalue weighted by atomic mass is 9.94. The van der Waals surface area contributed by atoms with Gasteiger partial charge in [0, 0.05) is 22.6 Å². The fourth-order valence-electron chi connectivity index (χ4n) is 3.28. The third-order valence-electron chi connectivity index (χ3n) is 5.01. The van der Waals surface area contributed by atoms with Gasteiger partial charge in [-0.15, -0.1) is 11.8 Å². The molecule has 3 aromatic carbocycles. The van der Waals surface area contributed by atoms with Gasteiger partial charge in [0.2, 0.25) is 10.0 Å². The first kappa shape index (κ1) is 23.5. The number of benzene rings is 3. The van der Waals surface area contributed by atoms with Crippen molar-refractivity contribution in [3.63, 3.8) is 0 Å². The molecule has 31 heavy (non-hydrogen) atoms. The molecule has 0 bridgehead atoms. The topological polar surface area (TPSA) is 75.6 Å². The highest BCUT2D eigenvalue weighted by Gasteiger charge is 2.28. The molecular weight excluding hydrogens is 430 g/mol. The summed E-state index contributed by atoms with van der Waals surface area (Å²) in [6.07, 6.45) is 0.567. The lowest BCUT2D eigenvalue weighted by Gasteiger charge is -2.27. The van der Waals surface area contributed by atoms with Crippen molar-refractivity contribution in [3.05, 3.63) is 96.1 Å². The van der Waals surface area contributed by atoms with Crippen LogP contribution in [0, 0.1) is 12.8 Å². The monoisotopic (exact) mass is 457 g/mol. The molecule has 0 fully saturated rings. The maximum Gasteiger partial charge on any atom is 0.240 e. The predicted molar refractivity (Wildman–Crippen MR) is 125 cm³/mol. The van der Waals surface area contributed by atoms with Gasteiger partial charge in [-0.05, 0) is 43.2 Å². The average molecular weight is 458 g/mol. The van der Waals surface area contributed by atoms with Crippen LogP contribution in [-0.4, -0.2) is 32.1 Å². The van der Waals surface area contributed by atoms with Crippen molar-refractivity contribution in [2.75, 3.05) is 12.4 Å². The number of nitrogens with one attached hydrogen (secondary N) is 1. The van der Waals surface area contributed by atoms with Gasteiger partial charge in [0.05, 0.1) is 11.5 Å². The van der Waals surface area contributed by atoms with E-state index < -0.39 is 16.1 Å². The summed E-state index contributed by atoms with van der Waals surface area (Å²) in [5.74, 6) is 0.236. The van der Waals surface area contributed by atoms with Gasteiger partial charge in [0.15, 0.2) is 0 Å². The minimum Gasteiger partial charge on any atom is -0.252 e. The summed E-state index contributed by atoms with van der Waals surface area (Å²) >= 11 is 1.57. The van der Waals surface area contributed by atoms with Crippen LogP contribution >= 0.6 is 11.8 Å². The Kier molecular flexibility index (Phi) is 8.69. The Morgan fingerprint density at radius 3 is 2.16 bits per heavy atom. The molecule has 0 aliphatic heterocycles. The van der Waals surface area contributed by atoms with Gasteiger partial charge in [-0.3, -0.25) is 5.26 Å². The smallest absolute Gasteiger partial charge is 0.240 e. The first-order valence-corrected chi connectivity index (χ1v) is 12.5. The standard InChI is InChI=1S/C24H27NO4S2/c1-19-12-14-23(15-13-19)31(27,28)25-24(18-30-22-10-6-3-7-11-22)21(17-29-26)16-20-8-4-2-5-9-20/h2-15,21,24-26H,16-18H2,1H3/t21?,24-/m1/s1. The van der Waals surface area contributed by atoms with Crippen LogP contribution in [0.15, 0.2) is 94.7 Å². The SMILES string of the molecule is Cc1ccc(S(=O)(=O)N[C@H](CSc2ccccc2)C(COO)Cc2ccccc2)cc1. The molecule has 2 atom stereocenters. The molecule has 3 rings (SSSR count). The van der Waals surface area contributed by atoms with E-state index in [1.54, 1.807) is 36.0 Å². The van der Waals surface area contributed by atoms with Crippen LogP contribution in [0.4, 0.5) is 0 Å². The number of thioether (sulfide) groups is 1. The molecule has 0 saturated carbocycles. The van der Waals surface area contributed by atoms with Crippen LogP contribution in [0.5, 0.6) is 0 Å². The highest BCUT2D eigenvalue weighted by atomic mass is 32.2. The molecule has 0 aliphatic carbocycles. The summed E-state index contributed by atoms with van der Waals surface area (Å²) < 4.78 is 29.1. The summed E-state index contributed by atoms with van der Waals surface area (Å²) in [5, 5.41) is 9.21. The molecule has 1 unspecified atom stereocenters. The summed E-state index contributed by atoms with van der Waals surface area (Å²) in [6, 6.07) is 25.9. The van der Waals surface area contributed by atoms with E-state index in [2.05, 4.69) is 9.61 Å². The van der Waals surface area contributed by atoms with Crippen molar-refractivity contribution in [2.45, 2.75) is 29.2 Å². The van der Waals surface area contributed by atoms with E-state index >= 15 is 0 Å². The van der Waals surface area contributed by atoms with E-state index in [1.807, 2.05) is 67.6 Å². The Balaban J connectivity index is 1.85. The van der Waals surface area contributed by atoms with Gasteiger partial charge < -0.3 is 0 Å². The fraction of sp³-hybridized carbons (Fsp3) is 0.250. The van der Waals surface area contributed by atoms with E-state index in [-0.39, 0.29) is 17.4 Å². The number of sulfonamides is 1. The van der Waals surface area contributed by atoms with Gasteiger partial charge in [-0.25, -0.2) is 18.0 Å². The molecule has 0 heterocycles. The summed E-state index contributed by atoms with van der Waals surface area (Å²) in [5.41, 5.74) is 2.04. The van der Waals surface area contributed by atoms with Gasteiger partial charge in [-0.1, -0.05) is 66.2 Å². The number of hydrogen-bond acceptors (Lipinski definition) is 5. The van der Waals surface area contributed by atoms with E-state index in [9.17, 15) is 13.7 Å². The second kappa shape index (κ2) is 11.5. The van der Waals surface area contributed by atoms with Crippen molar-refractivity contribution in [1.82, 2.24) is 4.72 Å². The minimum atomic E-state index is -3.74. The van der Waals surface area contributed by atoms with Gasteiger partial charge in [-0.2, -0.15) is 0 Å². The Labute approximate surface area is 188 Å². The van der Waals surface area contributed by atoms with Crippen LogP contribution < -0.4 is 4.72 Å².